The zero-order valence-corrected chi connectivity index (χ0v) is 16.5. The fourth-order valence-corrected chi connectivity index (χ4v) is 3.07. The lowest BCUT2D eigenvalue weighted by Gasteiger charge is -2.32. The molecule has 140 valence electrons. The summed E-state index contributed by atoms with van der Waals surface area (Å²) in [5, 5.41) is 3.71. The van der Waals surface area contributed by atoms with Crippen molar-refractivity contribution in [1.29, 1.82) is 0 Å². The number of carbonyl (C=O) groups excluding carboxylic acids is 1. The van der Waals surface area contributed by atoms with Crippen LogP contribution in [0, 0.1) is 13.8 Å². The molecule has 0 aromatic heterocycles. The minimum atomic E-state index is -0.524. The van der Waals surface area contributed by atoms with Crippen molar-refractivity contribution >= 4 is 17.5 Å². The van der Waals surface area contributed by atoms with E-state index in [1.165, 1.54) is 0 Å². The van der Waals surface area contributed by atoms with Crippen molar-refractivity contribution in [1.82, 2.24) is 15.1 Å². The molecule has 0 aliphatic carbocycles. The lowest BCUT2D eigenvalue weighted by atomic mass is 10.1. The van der Waals surface area contributed by atoms with Gasteiger partial charge in [0.05, 0.1) is 0 Å². The lowest BCUT2D eigenvalue weighted by molar-refractivity contribution is -0.127. The molecule has 2 rings (SSSR count). The van der Waals surface area contributed by atoms with Crippen LogP contribution < -0.4 is 10.1 Å². The van der Waals surface area contributed by atoms with Gasteiger partial charge >= 0.3 is 0 Å². The zero-order chi connectivity index (χ0) is 18.4. The monoisotopic (exact) mass is 367 g/mol. The molecule has 0 bridgehead atoms. The Balaban J connectivity index is 1.70. The van der Waals surface area contributed by atoms with Crippen LogP contribution in [-0.4, -0.2) is 68.1 Å². The Labute approximate surface area is 156 Å². The number of nitrogens with one attached hydrogen (secondary N) is 1. The average molecular weight is 368 g/mol. The van der Waals surface area contributed by atoms with E-state index in [9.17, 15) is 4.79 Å². The fraction of sp³-hybridized carbons (Fsp3) is 0.632. The molecular weight excluding hydrogens is 338 g/mol. The van der Waals surface area contributed by atoms with Gasteiger partial charge in [-0.3, -0.25) is 4.79 Å². The molecule has 25 heavy (non-hydrogen) atoms. The van der Waals surface area contributed by atoms with E-state index in [0.29, 0.717) is 12.3 Å². The minimum absolute atomic E-state index is 0.0800. The number of likely N-dealkylation sites (N-methyl/N-ethyl adjacent to an activating group) is 1. The molecule has 1 fully saturated rings. The van der Waals surface area contributed by atoms with Crippen LogP contribution in [0.2, 0.25) is 5.02 Å². The fourth-order valence-electron chi connectivity index (χ4n) is 2.96. The number of amides is 1. The summed E-state index contributed by atoms with van der Waals surface area (Å²) in [5.74, 6) is 0.600. The van der Waals surface area contributed by atoms with E-state index in [0.717, 1.165) is 55.3 Å². The SMILES string of the molecule is Cc1cc(OC(C)C(=O)NCCCN2CCN(C)CC2)cc(C)c1Cl. The van der Waals surface area contributed by atoms with E-state index in [-0.39, 0.29) is 5.91 Å². The van der Waals surface area contributed by atoms with E-state index in [2.05, 4.69) is 22.2 Å². The summed E-state index contributed by atoms with van der Waals surface area (Å²) in [4.78, 5) is 17.0. The topological polar surface area (TPSA) is 44.8 Å². The molecule has 1 atom stereocenters. The smallest absolute Gasteiger partial charge is 0.260 e. The van der Waals surface area contributed by atoms with Gasteiger partial charge in [0, 0.05) is 37.7 Å². The molecule has 1 aromatic carbocycles. The van der Waals surface area contributed by atoms with Crippen molar-refractivity contribution in [3.05, 3.63) is 28.3 Å². The highest BCUT2D eigenvalue weighted by Gasteiger charge is 2.16. The summed E-state index contributed by atoms with van der Waals surface area (Å²) in [6, 6.07) is 3.74. The molecule has 1 unspecified atom stereocenters. The molecule has 1 saturated heterocycles. The first-order valence-electron chi connectivity index (χ1n) is 8.99. The summed E-state index contributed by atoms with van der Waals surface area (Å²) >= 11 is 6.16. The van der Waals surface area contributed by atoms with Gasteiger partial charge < -0.3 is 19.9 Å². The number of hydrogen-bond acceptors (Lipinski definition) is 4. The zero-order valence-electron chi connectivity index (χ0n) is 15.8. The third kappa shape index (κ3) is 6.17. The van der Waals surface area contributed by atoms with Crippen LogP contribution >= 0.6 is 11.6 Å². The number of piperazine rings is 1. The van der Waals surface area contributed by atoms with E-state index in [1.807, 2.05) is 26.0 Å². The molecule has 1 amide bonds. The number of ether oxygens (including phenoxy) is 1. The number of halogens is 1. The molecule has 0 saturated carbocycles. The number of benzene rings is 1. The Kier molecular flexibility index (Phi) is 7.54. The van der Waals surface area contributed by atoms with Crippen LogP contribution in [0.5, 0.6) is 5.75 Å². The maximum absolute atomic E-state index is 12.2. The van der Waals surface area contributed by atoms with Gasteiger partial charge in [-0.2, -0.15) is 0 Å². The molecule has 0 radical (unpaired) electrons. The standard InChI is InChI=1S/C19H30ClN3O2/c1-14-12-17(13-15(2)18(14)20)25-16(3)19(24)21-6-5-7-23-10-8-22(4)9-11-23/h12-13,16H,5-11H2,1-4H3,(H,21,24). The molecule has 5 nitrogen and oxygen atoms in total. The first kappa shape index (κ1) is 20.0. The molecule has 1 N–H and O–H groups in total. The third-order valence-corrected chi connectivity index (χ3v) is 5.23. The van der Waals surface area contributed by atoms with E-state index < -0.39 is 6.10 Å². The Morgan fingerprint density at radius 3 is 2.44 bits per heavy atom. The second-order valence-corrected chi connectivity index (χ2v) is 7.30. The Morgan fingerprint density at radius 1 is 1.24 bits per heavy atom. The van der Waals surface area contributed by atoms with Crippen molar-refractivity contribution in [2.24, 2.45) is 0 Å². The van der Waals surface area contributed by atoms with Crippen LogP contribution in [0.3, 0.4) is 0 Å². The molecular formula is C19H30ClN3O2. The highest BCUT2D eigenvalue weighted by Crippen LogP contribution is 2.26. The number of carbonyl (C=O) groups is 1. The second kappa shape index (κ2) is 9.41. The van der Waals surface area contributed by atoms with E-state index in [4.69, 9.17) is 16.3 Å². The molecule has 6 heteroatoms. The van der Waals surface area contributed by atoms with Crippen LogP contribution in [0.1, 0.15) is 24.5 Å². The molecule has 1 aromatic rings. The largest absolute Gasteiger partial charge is 0.481 e. The predicted molar refractivity (Wildman–Crippen MR) is 103 cm³/mol. The van der Waals surface area contributed by atoms with Crippen molar-refractivity contribution in [2.75, 3.05) is 46.3 Å². The van der Waals surface area contributed by atoms with Gasteiger partial charge in [-0.15, -0.1) is 0 Å². The van der Waals surface area contributed by atoms with Crippen molar-refractivity contribution in [3.63, 3.8) is 0 Å². The van der Waals surface area contributed by atoms with Gasteiger partial charge in [-0.25, -0.2) is 0 Å². The lowest BCUT2D eigenvalue weighted by Crippen LogP contribution is -2.45. The summed E-state index contributed by atoms with van der Waals surface area (Å²) in [5.41, 5.74) is 1.91. The van der Waals surface area contributed by atoms with Crippen molar-refractivity contribution in [2.45, 2.75) is 33.3 Å². The summed E-state index contributed by atoms with van der Waals surface area (Å²) in [6.07, 6.45) is 0.435. The van der Waals surface area contributed by atoms with Gasteiger partial charge in [0.15, 0.2) is 6.10 Å². The maximum atomic E-state index is 12.2. The Bertz CT molecular complexity index is 563. The summed E-state index contributed by atoms with van der Waals surface area (Å²) < 4.78 is 5.76. The maximum Gasteiger partial charge on any atom is 0.260 e. The van der Waals surface area contributed by atoms with Crippen LogP contribution in [0.15, 0.2) is 12.1 Å². The summed E-state index contributed by atoms with van der Waals surface area (Å²) in [6.45, 7) is 11.8. The third-order valence-electron chi connectivity index (χ3n) is 4.64. The van der Waals surface area contributed by atoms with E-state index >= 15 is 0 Å². The van der Waals surface area contributed by atoms with Gasteiger partial charge in [0.2, 0.25) is 0 Å². The normalized spacial score (nSPS) is 17.3. The quantitative estimate of drug-likeness (QED) is 0.752. The van der Waals surface area contributed by atoms with Crippen molar-refractivity contribution in [3.8, 4) is 5.75 Å². The highest BCUT2D eigenvalue weighted by atomic mass is 35.5. The highest BCUT2D eigenvalue weighted by molar-refractivity contribution is 6.32. The Morgan fingerprint density at radius 2 is 1.84 bits per heavy atom. The van der Waals surface area contributed by atoms with Gasteiger partial charge in [0.25, 0.3) is 5.91 Å². The second-order valence-electron chi connectivity index (χ2n) is 6.92. The van der Waals surface area contributed by atoms with Crippen LogP contribution in [-0.2, 0) is 4.79 Å². The van der Waals surface area contributed by atoms with Crippen molar-refractivity contribution < 1.29 is 9.53 Å². The van der Waals surface area contributed by atoms with Crippen LogP contribution in [0.25, 0.3) is 0 Å². The van der Waals surface area contributed by atoms with Gasteiger partial charge in [-0.1, -0.05) is 11.6 Å². The molecule has 1 heterocycles. The first-order chi connectivity index (χ1) is 11.9. The molecule has 1 aliphatic heterocycles. The van der Waals surface area contributed by atoms with Crippen LogP contribution in [0.4, 0.5) is 0 Å². The van der Waals surface area contributed by atoms with Gasteiger partial charge in [0.1, 0.15) is 5.75 Å². The first-order valence-corrected chi connectivity index (χ1v) is 9.36. The number of aryl methyl sites for hydroxylation is 2. The molecule has 1 aliphatic rings. The van der Waals surface area contributed by atoms with Gasteiger partial charge in [-0.05, 0) is 64.0 Å². The number of hydrogen-bond donors (Lipinski definition) is 1. The average Bonchev–Trinajstić information content (AvgIpc) is 2.57. The molecule has 0 spiro atoms. The predicted octanol–water partition coefficient (Wildman–Crippen LogP) is 2.48. The minimum Gasteiger partial charge on any atom is -0.481 e. The Hall–Kier alpha value is -1.30. The van der Waals surface area contributed by atoms with E-state index in [1.54, 1.807) is 6.92 Å². The number of nitrogens with zero attached hydrogens (tertiary/aromatic N) is 2. The number of rotatable bonds is 7. The summed E-state index contributed by atoms with van der Waals surface area (Å²) in [7, 11) is 2.16.